The number of urea groups is 1. The van der Waals surface area contributed by atoms with Crippen LogP contribution in [0, 0.1) is 0 Å². The molecule has 1 aliphatic heterocycles. The summed E-state index contributed by atoms with van der Waals surface area (Å²) in [4.78, 5) is 24.8. The highest BCUT2D eigenvalue weighted by atomic mass is 16.7. The number of hydrogen-bond acceptors (Lipinski definition) is 5. The molecule has 1 heterocycles. The van der Waals surface area contributed by atoms with Crippen molar-refractivity contribution in [1.29, 1.82) is 0 Å². The molecule has 1 atom stereocenters. The maximum atomic E-state index is 12.8. The normalized spacial score (nSPS) is 12.7. The Morgan fingerprint density at radius 3 is 2.44 bits per heavy atom. The second-order valence-electron chi connectivity index (χ2n) is 7.41. The van der Waals surface area contributed by atoms with E-state index >= 15 is 0 Å². The highest BCUT2D eigenvalue weighted by molar-refractivity contribution is 6.00. The molecule has 32 heavy (non-hydrogen) atoms. The van der Waals surface area contributed by atoms with Crippen LogP contribution in [-0.2, 0) is 17.6 Å². The van der Waals surface area contributed by atoms with E-state index in [0.29, 0.717) is 29.8 Å². The van der Waals surface area contributed by atoms with Gasteiger partial charge in [0.2, 0.25) is 6.79 Å². The summed E-state index contributed by atoms with van der Waals surface area (Å²) < 4.78 is 15.7. The highest BCUT2D eigenvalue weighted by Gasteiger charge is 2.19. The Bertz CT molecular complexity index is 1100. The summed E-state index contributed by atoms with van der Waals surface area (Å²) in [5.74, 6) is 0.915. The van der Waals surface area contributed by atoms with Crippen molar-refractivity contribution < 1.29 is 23.8 Å². The summed E-state index contributed by atoms with van der Waals surface area (Å²) in [5.41, 5.74) is 2.80. The van der Waals surface area contributed by atoms with Gasteiger partial charge in [0.1, 0.15) is 0 Å². The van der Waals surface area contributed by atoms with Crippen molar-refractivity contribution in [2.45, 2.75) is 18.9 Å². The lowest BCUT2D eigenvalue weighted by atomic mass is 9.98. The number of nitrogens with one attached hydrogen (secondary N) is 2. The summed E-state index contributed by atoms with van der Waals surface area (Å²) in [6.45, 7) is 0.215. The van der Waals surface area contributed by atoms with E-state index in [1.165, 1.54) is 7.11 Å². The summed E-state index contributed by atoms with van der Waals surface area (Å²) in [6.07, 6.45) is 1.24. The summed E-state index contributed by atoms with van der Waals surface area (Å²) in [6, 6.07) is 21.9. The van der Waals surface area contributed by atoms with Crippen LogP contribution in [-0.4, -0.2) is 31.9 Å². The molecule has 1 aliphatic rings. The number of benzene rings is 3. The molecule has 3 aromatic carbocycles. The van der Waals surface area contributed by atoms with Crippen LogP contribution in [0.3, 0.4) is 0 Å². The second kappa shape index (κ2) is 9.87. The molecule has 0 aliphatic carbocycles. The van der Waals surface area contributed by atoms with Crippen molar-refractivity contribution in [3.63, 3.8) is 0 Å². The monoisotopic (exact) mass is 432 g/mol. The predicted octanol–water partition coefficient (Wildman–Crippen LogP) is 4.18. The predicted molar refractivity (Wildman–Crippen MR) is 120 cm³/mol. The van der Waals surface area contributed by atoms with Crippen LogP contribution >= 0.6 is 0 Å². The third-order valence-corrected chi connectivity index (χ3v) is 5.16. The largest absolute Gasteiger partial charge is 0.465 e. The summed E-state index contributed by atoms with van der Waals surface area (Å²) in [5, 5.41) is 5.81. The van der Waals surface area contributed by atoms with Crippen molar-refractivity contribution in [3.05, 3.63) is 89.5 Å². The van der Waals surface area contributed by atoms with Gasteiger partial charge >= 0.3 is 12.0 Å². The maximum absolute atomic E-state index is 12.8. The molecule has 0 fully saturated rings. The average Bonchev–Trinajstić information content (AvgIpc) is 3.27. The molecular weight excluding hydrogens is 408 g/mol. The minimum atomic E-state index is -0.512. The van der Waals surface area contributed by atoms with Crippen LogP contribution in [0.15, 0.2) is 72.8 Å². The first kappa shape index (κ1) is 21.2. The number of para-hydroxylation sites is 1. The van der Waals surface area contributed by atoms with Crippen LogP contribution in [0.4, 0.5) is 10.5 Å². The van der Waals surface area contributed by atoms with Crippen LogP contribution in [0.2, 0.25) is 0 Å². The third-order valence-electron chi connectivity index (χ3n) is 5.16. The Morgan fingerprint density at radius 1 is 0.906 bits per heavy atom. The number of anilines is 1. The van der Waals surface area contributed by atoms with E-state index in [1.54, 1.807) is 24.3 Å². The van der Waals surface area contributed by atoms with Gasteiger partial charge in [-0.1, -0.05) is 48.5 Å². The Kier molecular flexibility index (Phi) is 6.55. The van der Waals surface area contributed by atoms with E-state index in [4.69, 9.17) is 14.2 Å². The van der Waals surface area contributed by atoms with Gasteiger partial charge in [0.05, 0.1) is 18.4 Å². The summed E-state index contributed by atoms with van der Waals surface area (Å²) >= 11 is 0. The maximum Gasteiger partial charge on any atom is 0.339 e. The zero-order chi connectivity index (χ0) is 22.3. The molecule has 4 rings (SSSR count). The van der Waals surface area contributed by atoms with E-state index in [9.17, 15) is 9.59 Å². The van der Waals surface area contributed by atoms with Gasteiger partial charge in [0.15, 0.2) is 11.5 Å². The van der Waals surface area contributed by atoms with Gasteiger partial charge in [0.25, 0.3) is 0 Å². The topological polar surface area (TPSA) is 85.9 Å². The Morgan fingerprint density at radius 2 is 1.62 bits per heavy atom. The number of amides is 2. The number of carbonyl (C=O) groups is 2. The molecule has 0 spiro atoms. The molecule has 0 aromatic heterocycles. The molecule has 7 heteroatoms. The molecule has 164 valence electrons. The van der Waals surface area contributed by atoms with Crippen molar-refractivity contribution in [2.24, 2.45) is 0 Å². The standard InChI is InChI=1S/C25H24N2O5/c1-30-24(28)20-9-5-6-10-21(20)27-25(29)26-19(13-17-7-3-2-4-8-17)14-18-11-12-22-23(15-18)32-16-31-22/h2-12,15,19H,13-14,16H2,1H3,(H2,26,27,29). The van der Waals surface area contributed by atoms with Gasteiger partial charge in [-0.3, -0.25) is 0 Å². The first-order valence-electron chi connectivity index (χ1n) is 10.3. The van der Waals surface area contributed by atoms with Gasteiger partial charge in [-0.15, -0.1) is 0 Å². The quantitative estimate of drug-likeness (QED) is 0.547. The van der Waals surface area contributed by atoms with Gasteiger partial charge in [-0.05, 0) is 48.2 Å². The molecule has 0 saturated carbocycles. The van der Waals surface area contributed by atoms with Gasteiger partial charge in [0, 0.05) is 6.04 Å². The number of carbonyl (C=O) groups excluding carboxylic acids is 2. The smallest absolute Gasteiger partial charge is 0.339 e. The van der Waals surface area contributed by atoms with Crippen LogP contribution < -0.4 is 20.1 Å². The Balaban J connectivity index is 1.50. The average molecular weight is 432 g/mol. The first-order chi connectivity index (χ1) is 15.6. The van der Waals surface area contributed by atoms with E-state index < -0.39 is 12.0 Å². The lowest BCUT2D eigenvalue weighted by molar-refractivity contribution is 0.0602. The number of fused-ring (bicyclic) bond motifs is 1. The minimum absolute atomic E-state index is 0.192. The SMILES string of the molecule is COC(=O)c1ccccc1NC(=O)NC(Cc1ccccc1)Cc1ccc2c(c1)OCO2. The lowest BCUT2D eigenvalue weighted by Gasteiger charge is -2.20. The van der Waals surface area contributed by atoms with E-state index in [2.05, 4.69) is 10.6 Å². The minimum Gasteiger partial charge on any atom is -0.465 e. The number of ether oxygens (including phenoxy) is 3. The lowest BCUT2D eigenvalue weighted by Crippen LogP contribution is -2.41. The third kappa shape index (κ3) is 5.18. The van der Waals surface area contributed by atoms with Gasteiger partial charge in [-0.2, -0.15) is 0 Å². The fourth-order valence-corrected chi connectivity index (χ4v) is 3.65. The highest BCUT2D eigenvalue weighted by Crippen LogP contribution is 2.33. The van der Waals surface area contributed by atoms with Crippen molar-refractivity contribution in [2.75, 3.05) is 19.2 Å². The fourth-order valence-electron chi connectivity index (χ4n) is 3.65. The molecule has 3 aromatic rings. The fraction of sp³-hybridized carbons (Fsp3) is 0.200. The number of rotatable bonds is 7. The Labute approximate surface area is 186 Å². The molecule has 0 radical (unpaired) electrons. The van der Waals surface area contributed by atoms with E-state index in [0.717, 1.165) is 16.9 Å². The molecule has 0 bridgehead atoms. The molecule has 2 N–H and O–H groups in total. The van der Waals surface area contributed by atoms with Crippen molar-refractivity contribution in [3.8, 4) is 11.5 Å². The molecule has 2 amide bonds. The van der Waals surface area contributed by atoms with Crippen molar-refractivity contribution >= 4 is 17.7 Å². The first-order valence-corrected chi connectivity index (χ1v) is 10.3. The van der Waals surface area contributed by atoms with E-state index in [-0.39, 0.29) is 12.8 Å². The summed E-state index contributed by atoms with van der Waals surface area (Å²) in [7, 11) is 1.31. The van der Waals surface area contributed by atoms with E-state index in [1.807, 2.05) is 48.5 Å². The van der Waals surface area contributed by atoms with Gasteiger partial charge < -0.3 is 24.8 Å². The molecule has 0 saturated heterocycles. The number of esters is 1. The zero-order valence-corrected chi connectivity index (χ0v) is 17.7. The number of methoxy groups -OCH3 is 1. The molecule has 1 unspecified atom stereocenters. The molecule has 7 nitrogen and oxygen atoms in total. The Hall–Kier alpha value is -4.00. The van der Waals surface area contributed by atoms with Crippen molar-refractivity contribution in [1.82, 2.24) is 5.32 Å². The van der Waals surface area contributed by atoms with Crippen LogP contribution in [0.5, 0.6) is 11.5 Å². The van der Waals surface area contributed by atoms with Crippen LogP contribution in [0.25, 0.3) is 0 Å². The number of hydrogen-bond donors (Lipinski definition) is 2. The molecular formula is C25H24N2O5. The van der Waals surface area contributed by atoms with Gasteiger partial charge in [-0.25, -0.2) is 9.59 Å². The zero-order valence-electron chi connectivity index (χ0n) is 17.7. The second-order valence-corrected chi connectivity index (χ2v) is 7.41. The van der Waals surface area contributed by atoms with Crippen LogP contribution in [0.1, 0.15) is 21.5 Å².